The predicted molar refractivity (Wildman–Crippen MR) is 155 cm³/mol. The highest BCUT2D eigenvalue weighted by atomic mass is 35.5. The number of hydrogen-bond donors (Lipinski definition) is 2. The van der Waals surface area contributed by atoms with Gasteiger partial charge in [-0.1, -0.05) is 59.3 Å². The molecule has 6 rings (SSSR count). The zero-order chi connectivity index (χ0) is 28.3. The molecule has 1 saturated carbocycles. The van der Waals surface area contributed by atoms with Crippen molar-refractivity contribution in [1.29, 1.82) is 5.26 Å². The van der Waals surface area contributed by atoms with Crippen molar-refractivity contribution in [1.82, 2.24) is 20.0 Å². The van der Waals surface area contributed by atoms with E-state index in [-0.39, 0.29) is 18.3 Å². The molecule has 0 amide bonds. The summed E-state index contributed by atoms with van der Waals surface area (Å²) in [6, 6.07) is 20.9. The van der Waals surface area contributed by atoms with E-state index >= 15 is 0 Å². The number of hydrogen-bond acceptors (Lipinski definition) is 6. The predicted octanol–water partition coefficient (Wildman–Crippen LogP) is 7.54. The van der Waals surface area contributed by atoms with Crippen LogP contribution in [0.25, 0.3) is 10.9 Å². The largest absolute Gasteiger partial charge is 0.376 e. The van der Waals surface area contributed by atoms with Crippen molar-refractivity contribution in [3.63, 3.8) is 0 Å². The Bertz CT molecular complexity index is 1710. The molecule has 0 spiro atoms. The average molecular weight is 570 g/mol. The topological polar surface area (TPSA) is 91.5 Å². The highest BCUT2D eigenvalue weighted by molar-refractivity contribution is 6.32. The van der Waals surface area contributed by atoms with Gasteiger partial charge in [0.25, 0.3) is 0 Å². The molecule has 0 unspecified atom stereocenters. The Kier molecular flexibility index (Phi) is 7.49. The fourth-order valence-electron chi connectivity index (χ4n) is 4.99. The zero-order valence-corrected chi connectivity index (χ0v) is 22.7. The number of fused-ring (bicyclic) bond motifs is 1. The van der Waals surface area contributed by atoms with Crippen LogP contribution in [0.15, 0.2) is 79.1 Å². The van der Waals surface area contributed by atoms with E-state index in [9.17, 15) is 14.0 Å². The first kappa shape index (κ1) is 26.7. The highest BCUT2D eigenvalue weighted by Gasteiger charge is 2.27. The van der Waals surface area contributed by atoms with Gasteiger partial charge < -0.3 is 10.6 Å². The normalized spacial score (nSPS) is 14.4. The van der Waals surface area contributed by atoms with Crippen molar-refractivity contribution in [2.24, 2.45) is 0 Å². The molecule has 0 aliphatic heterocycles. The lowest BCUT2D eigenvalue weighted by Crippen LogP contribution is -2.15. The van der Waals surface area contributed by atoms with E-state index in [0.717, 1.165) is 24.0 Å². The Hall–Kier alpha value is -4.55. The third-order valence-corrected chi connectivity index (χ3v) is 7.44. The molecule has 2 N–H and O–H groups in total. The van der Waals surface area contributed by atoms with Crippen LogP contribution in [0.2, 0.25) is 5.02 Å². The Morgan fingerprint density at radius 1 is 1.05 bits per heavy atom. The second-order valence-corrected chi connectivity index (χ2v) is 10.5. The molecule has 1 aliphatic rings. The molecule has 0 saturated heterocycles. The molecule has 2 aromatic heterocycles. The molecule has 1 aliphatic carbocycles. The molecule has 10 heteroatoms. The number of anilines is 2. The Morgan fingerprint density at radius 3 is 2.54 bits per heavy atom. The molecular formula is C31H26ClF2N7. The number of nitrogens with one attached hydrogen (secondary N) is 2. The van der Waals surface area contributed by atoms with Crippen molar-refractivity contribution in [3.8, 4) is 6.07 Å². The summed E-state index contributed by atoms with van der Waals surface area (Å²) in [5.41, 5.74) is 4.32. The lowest BCUT2D eigenvalue weighted by atomic mass is 10.0. The van der Waals surface area contributed by atoms with E-state index in [2.05, 4.69) is 32.0 Å². The first-order valence-corrected chi connectivity index (χ1v) is 13.8. The molecule has 0 bridgehead atoms. The minimum absolute atomic E-state index is 0.216. The van der Waals surface area contributed by atoms with E-state index < -0.39 is 12.7 Å². The van der Waals surface area contributed by atoms with Crippen LogP contribution in [0, 0.1) is 17.1 Å². The van der Waals surface area contributed by atoms with Gasteiger partial charge in [0.15, 0.2) is 0 Å². The number of rotatable bonds is 10. The fraction of sp³-hybridized carbons (Fsp3) is 0.226. The van der Waals surface area contributed by atoms with Crippen molar-refractivity contribution >= 4 is 33.9 Å². The number of pyridine rings is 1. The molecular weight excluding hydrogens is 544 g/mol. The molecule has 5 aromatic rings. The SMILES string of the molecule is N#Cc1cnc2c(N[C@@H](c3ccc(F)cc3)c3cn(C4CC4)nn3)cc(Cl)cc2c1N[C@H](CCF)c1ccccc1. The van der Waals surface area contributed by atoms with Gasteiger partial charge in [0.2, 0.25) is 0 Å². The van der Waals surface area contributed by atoms with Crippen LogP contribution in [0.1, 0.15) is 59.8 Å². The lowest BCUT2D eigenvalue weighted by Gasteiger charge is -2.23. The first-order valence-electron chi connectivity index (χ1n) is 13.4. The summed E-state index contributed by atoms with van der Waals surface area (Å²) >= 11 is 6.64. The number of alkyl halides is 1. The van der Waals surface area contributed by atoms with E-state index in [1.54, 1.807) is 24.3 Å². The Balaban J connectivity index is 1.44. The third kappa shape index (κ3) is 5.70. The molecule has 2 heterocycles. The van der Waals surface area contributed by atoms with Crippen LogP contribution >= 0.6 is 11.6 Å². The van der Waals surface area contributed by atoms with Gasteiger partial charge in [-0.25, -0.2) is 9.07 Å². The quantitative estimate of drug-likeness (QED) is 0.180. The summed E-state index contributed by atoms with van der Waals surface area (Å²) in [7, 11) is 0. The van der Waals surface area contributed by atoms with E-state index in [4.69, 9.17) is 11.6 Å². The Labute approximate surface area is 240 Å². The molecule has 2 atom stereocenters. The third-order valence-electron chi connectivity index (χ3n) is 7.22. The van der Waals surface area contributed by atoms with Crippen LogP contribution in [-0.4, -0.2) is 26.7 Å². The maximum absolute atomic E-state index is 13.8. The van der Waals surface area contributed by atoms with Crippen molar-refractivity contribution in [3.05, 3.63) is 112 Å². The lowest BCUT2D eigenvalue weighted by molar-refractivity contribution is 0.451. The number of benzene rings is 3. The van der Waals surface area contributed by atoms with Crippen LogP contribution < -0.4 is 10.6 Å². The second-order valence-electron chi connectivity index (χ2n) is 10.1. The van der Waals surface area contributed by atoms with Crippen LogP contribution in [0.4, 0.5) is 20.2 Å². The summed E-state index contributed by atoms with van der Waals surface area (Å²) in [6.07, 6.45) is 5.74. The monoisotopic (exact) mass is 569 g/mol. The van der Waals surface area contributed by atoms with Crippen molar-refractivity contribution in [2.45, 2.75) is 37.4 Å². The maximum Gasteiger partial charge on any atom is 0.123 e. The van der Waals surface area contributed by atoms with Crippen LogP contribution in [0.3, 0.4) is 0 Å². The molecule has 3 aromatic carbocycles. The minimum Gasteiger partial charge on any atom is -0.376 e. The van der Waals surface area contributed by atoms with E-state index in [1.165, 1.54) is 18.3 Å². The van der Waals surface area contributed by atoms with Gasteiger partial charge in [-0.2, -0.15) is 5.26 Å². The summed E-state index contributed by atoms with van der Waals surface area (Å²) in [5, 5.41) is 26.6. The van der Waals surface area contributed by atoms with Gasteiger partial charge in [-0.05, 0) is 48.2 Å². The van der Waals surface area contributed by atoms with Gasteiger partial charge in [-0.3, -0.25) is 9.37 Å². The zero-order valence-electron chi connectivity index (χ0n) is 21.9. The summed E-state index contributed by atoms with van der Waals surface area (Å²) in [4.78, 5) is 4.62. The van der Waals surface area contributed by atoms with Gasteiger partial charge in [0.05, 0.1) is 53.5 Å². The molecule has 1 fully saturated rings. The molecule has 206 valence electrons. The number of aromatic nitrogens is 4. The summed E-state index contributed by atoms with van der Waals surface area (Å²) < 4.78 is 29.3. The highest BCUT2D eigenvalue weighted by Crippen LogP contribution is 2.39. The molecule has 7 nitrogen and oxygen atoms in total. The van der Waals surface area contributed by atoms with Gasteiger partial charge in [0.1, 0.15) is 17.6 Å². The summed E-state index contributed by atoms with van der Waals surface area (Å²) in [6.45, 7) is -0.536. The Morgan fingerprint density at radius 2 is 1.83 bits per heavy atom. The molecule has 41 heavy (non-hydrogen) atoms. The fourth-order valence-corrected chi connectivity index (χ4v) is 5.21. The van der Waals surface area contributed by atoms with Gasteiger partial charge in [-0.15, -0.1) is 5.10 Å². The maximum atomic E-state index is 13.8. The van der Waals surface area contributed by atoms with E-state index in [1.807, 2.05) is 41.2 Å². The number of nitrogens with zero attached hydrogens (tertiary/aromatic N) is 5. The van der Waals surface area contributed by atoms with Crippen LogP contribution in [0.5, 0.6) is 0 Å². The summed E-state index contributed by atoms with van der Waals surface area (Å²) in [5.74, 6) is -0.343. The minimum atomic E-state index is -0.536. The second kappa shape index (κ2) is 11.5. The van der Waals surface area contributed by atoms with Crippen molar-refractivity contribution in [2.75, 3.05) is 17.3 Å². The van der Waals surface area contributed by atoms with Gasteiger partial charge >= 0.3 is 0 Å². The number of halogens is 3. The molecule has 0 radical (unpaired) electrons. The average Bonchev–Trinajstić information content (AvgIpc) is 3.73. The van der Waals surface area contributed by atoms with Crippen molar-refractivity contribution < 1.29 is 8.78 Å². The first-order chi connectivity index (χ1) is 20.0. The number of nitriles is 1. The van der Waals surface area contributed by atoms with Gasteiger partial charge in [0, 0.05) is 23.0 Å². The smallest absolute Gasteiger partial charge is 0.123 e. The van der Waals surface area contributed by atoms with E-state index in [0.29, 0.717) is 44.6 Å². The van der Waals surface area contributed by atoms with Crippen LogP contribution in [-0.2, 0) is 0 Å². The standard InChI is InChI=1S/C31H26ClF2N7/c32-22-14-25-29(37-26(12-13-33)19-4-2-1-3-5-19)21(16-35)17-36-31(25)27(15-22)38-30(20-6-8-23(34)9-7-20)28-18-41(40-39-28)24-10-11-24/h1-9,14-15,17-18,24,26,30,38H,10-13H2,(H,36,37)/t26-,30+/m1/s1.